The minimum absolute atomic E-state index is 0.186. The van der Waals surface area contributed by atoms with E-state index in [1.54, 1.807) is 13.1 Å². The maximum absolute atomic E-state index is 12.6. The lowest BCUT2D eigenvalue weighted by Crippen LogP contribution is -2.36. The number of hydrogen-bond donors (Lipinski definition) is 1. The third-order valence-corrected chi connectivity index (χ3v) is 3.68. The van der Waals surface area contributed by atoms with Crippen LogP contribution < -0.4 is 5.32 Å². The van der Waals surface area contributed by atoms with Crippen molar-refractivity contribution < 1.29 is 4.79 Å². The van der Waals surface area contributed by atoms with Crippen LogP contribution in [0.4, 0.5) is 0 Å². The van der Waals surface area contributed by atoms with Gasteiger partial charge in [-0.15, -0.1) is 5.10 Å². The molecule has 0 bridgehead atoms. The molecule has 3 aromatic rings. The van der Waals surface area contributed by atoms with Crippen LogP contribution >= 0.6 is 0 Å². The van der Waals surface area contributed by atoms with Crippen molar-refractivity contribution in [1.29, 1.82) is 0 Å². The summed E-state index contributed by atoms with van der Waals surface area (Å²) in [5, 5.41) is 13.9. The van der Waals surface area contributed by atoms with Crippen LogP contribution in [0, 0.1) is 0 Å². The van der Waals surface area contributed by atoms with E-state index < -0.39 is 6.04 Å². The molecule has 1 aromatic carbocycles. The summed E-state index contributed by atoms with van der Waals surface area (Å²) < 4.78 is 3.30. The van der Waals surface area contributed by atoms with Gasteiger partial charge in [-0.1, -0.05) is 30.3 Å². The average Bonchev–Trinajstić information content (AvgIpc) is 3.24. The zero-order valence-corrected chi connectivity index (χ0v) is 12.9. The lowest BCUT2D eigenvalue weighted by Gasteiger charge is -2.21. The third kappa shape index (κ3) is 3.10. The molecule has 3 rings (SSSR count). The molecule has 118 valence electrons. The number of aromatic nitrogens is 6. The number of rotatable bonds is 5. The molecule has 2 atom stereocenters. The third-order valence-electron chi connectivity index (χ3n) is 3.68. The van der Waals surface area contributed by atoms with E-state index in [9.17, 15) is 4.79 Å². The van der Waals surface area contributed by atoms with Gasteiger partial charge in [-0.3, -0.25) is 4.79 Å². The van der Waals surface area contributed by atoms with Gasteiger partial charge in [0.25, 0.3) is 0 Å². The molecule has 0 saturated heterocycles. The largest absolute Gasteiger partial charge is 0.340 e. The van der Waals surface area contributed by atoms with Crippen molar-refractivity contribution in [3.8, 4) is 0 Å². The number of nitrogens with one attached hydrogen (secondary N) is 1. The first-order chi connectivity index (χ1) is 11.2. The lowest BCUT2D eigenvalue weighted by molar-refractivity contribution is -0.124. The minimum Gasteiger partial charge on any atom is -0.340 e. The zero-order valence-electron chi connectivity index (χ0n) is 12.9. The van der Waals surface area contributed by atoms with Crippen LogP contribution in [0.15, 0.2) is 49.1 Å². The molecule has 0 unspecified atom stereocenters. The highest BCUT2D eigenvalue weighted by atomic mass is 16.2. The molecule has 1 N–H and O–H groups in total. The van der Waals surface area contributed by atoms with Crippen molar-refractivity contribution >= 4 is 5.91 Å². The van der Waals surface area contributed by atoms with E-state index in [0.29, 0.717) is 0 Å². The Morgan fingerprint density at radius 2 is 2.04 bits per heavy atom. The Kier molecular flexibility index (Phi) is 4.13. The number of amides is 1. The lowest BCUT2D eigenvalue weighted by atomic mass is 10.1. The van der Waals surface area contributed by atoms with E-state index in [-0.39, 0.29) is 11.9 Å². The van der Waals surface area contributed by atoms with E-state index >= 15 is 0 Å². The van der Waals surface area contributed by atoms with E-state index in [4.69, 9.17) is 0 Å². The Balaban J connectivity index is 1.88. The first kappa shape index (κ1) is 14.9. The molecule has 0 radical (unpaired) electrons. The summed E-state index contributed by atoms with van der Waals surface area (Å²) >= 11 is 0. The Morgan fingerprint density at radius 1 is 1.26 bits per heavy atom. The fourth-order valence-electron chi connectivity index (χ4n) is 2.33. The highest BCUT2D eigenvalue weighted by Crippen LogP contribution is 2.21. The fourth-order valence-corrected chi connectivity index (χ4v) is 2.33. The smallest absolute Gasteiger partial charge is 0.245 e. The van der Waals surface area contributed by atoms with Crippen molar-refractivity contribution in [3.63, 3.8) is 0 Å². The van der Waals surface area contributed by atoms with Gasteiger partial charge in [0.2, 0.25) is 5.91 Å². The molecule has 0 fully saturated rings. The predicted molar refractivity (Wildman–Crippen MR) is 82.2 cm³/mol. The van der Waals surface area contributed by atoms with Gasteiger partial charge in [0.1, 0.15) is 24.2 Å². The highest BCUT2D eigenvalue weighted by molar-refractivity contribution is 5.80. The van der Waals surface area contributed by atoms with Crippen LogP contribution in [0.3, 0.4) is 0 Å². The summed E-state index contributed by atoms with van der Waals surface area (Å²) in [6.45, 7) is 1.74. The number of aryl methyl sites for hydroxylation is 1. The van der Waals surface area contributed by atoms with Crippen LogP contribution in [0.5, 0.6) is 0 Å². The van der Waals surface area contributed by atoms with Crippen molar-refractivity contribution in [1.82, 2.24) is 35.1 Å². The monoisotopic (exact) mass is 311 g/mol. The van der Waals surface area contributed by atoms with Crippen LogP contribution in [-0.2, 0) is 11.8 Å². The molecule has 0 aliphatic rings. The molecule has 2 heterocycles. The molecule has 0 aliphatic heterocycles. The number of benzene rings is 1. The van der Waals surface area contributed by atoms with Crippen LogP contribution in [0.25, 0.3) is 0 Å². The number of carbonyl (C=O) groups is 1. The number of nitrogens with zero attached hydrogens (tertiary/aromatic N) is 6. The van der Waals surface area contributed by atoms with E-state index in [2.05, 4.69) is 25.8 Å². The molecule has 0 saturated carbocycles. The molecule has 2 aromatic heterocycles. The van der Waals surface area contributed by atoms with Gasteiger partial charge in [0.05, 0.1) is 0 Å². The first-order valence-electron chi connectivity index (χ1n) is 7.22. The van der Waals surface area contributed by atoms with Gasteiger partial charge in [0.15, 0.2) is 0 Å². The van der Waals surface area contributed by atoms with Gasteiger partial charge < -0.3 is 9.88 Å². The van der Waals surface area contributed by atoms with Gasteiger partial charge in [-0.2, -0.15) is 0 Å². The Bertz CT molecular complexity index is 766. The molecule has 8 heteroatoms. The summed E-state index contributed by atoms with van der Waals surface area (Å²) in [5.74, 6) is 0.572. The molecule has 23 heavy (non-hydrogen) atoms. The Hall–Kier alpha value is -3.03. The fraction of sp³-hybridized carbons (Fsp3) is 0.267. The molecule has 1 amide bonds. The van der Waals surface area contributed by atoms with E-state index in [1.807, 2.05) is 48.1 Å². The van der Waals surface area contributed by atoms with E-state index in [1.165, 1.54) is 11.0 Å². The second-order valence-electron chi connectivity index (χ2n) is 5.21. The van der Waals surface area contributed by atoms with Crippen molar-refractivity contribution in [2.45, 2.75) is 19.0 Å². The maximum Gasteiger partial charge on any atom is 0.245 e. The quantitative estimate of drug-likeness (QED) is 0.755. The van der Waals surface area contributed by atoms with Gasteiger partial charge in [-0.05, 0) is 22.9 Å². The topological polar surface area (TPSA) is 90.5 Å². The minimum atomic E-state index is -0.517. The second-order valence-corrected chi connectivity index (χ2v) is 5.21. The number of imidazole rings is 1. The summed E-state index contributed by atoms with van der Waals surface area (Å²) in [5.41, 5.74) is 0.957. The average molecular weight is 311 g/mol. The van der Waals surface area contributed by atoms with Gasteiger partial charge >= 0.3 is 0 Å². The predicted octanol–water partition coefficient (Wildman–Crippen LogP) is 0.873. The molecule has 8 nitrogen and oxygen atoms in total. The van der Waals surface area contributed by atoms with Crippen LogP contribution in [0.1, 0.15) is 30.4 Å². The molecular weight excluding hydrogens is 294 g/mol. The number of hydrogen-bond acceptors (Lipinski definition) is 5. The van der Waals surface area contributed by atoms with Gasteiger partial charge in [0, 0.05) is 19.4 Å². The Morgan fingerprint density at radius 3 is 2.65 bits per heavy atom. The van der Waals surface area contributed by atoms with Crippen LogP contribution in [0.2, 0.25) is 0 Å². The normalized spacial score (nSPS) is 13.5. The zero-order chi connectivity index (χ0) is 16.2. The first-order valence-corrected chi connectivity index (χ1v) is 7.22. The summed E-state index contributed by atoms with van der Waals surface area (Å²) in [7, 11) is 1.90. The number of tetrazole rings is 1. The summed E-state index contributed by atoms with van der Waals surface area (Å²) in [4.78, 5) is 16.9. The van der Waals surface area contributed by atoms with Crippen LogP contribution in [-0.4, -0.2) is 35.7 Å². The molecular formula is C15H17N7O. The summed E-state index contributed by atoms with van der Waals surface area (Å²) in [6.07, 6.45) is 4.98. The molecule has 0 spiro atoms. The SMILES string of the molecule is C[C@@H](C(=O)N[C@@H](c1ccccc1)c1nccn1C)n1cnnn1. The molecule has 0 aliphatic carbocycles. The number of carbonyl (C=O) groups excluding carboxylic acids is 1. The maximum atomic E-state index is 12.6. The summed E-state index contributed by atoms with van der Waals surface area (Å²) in [6, 6.07) is 8.86. The van der Waals surface area contributed by atoms with E-state index in [0.717, 1.165) is 11.4 Å². The van der Waals surface area contributed by atoms with Gasteiger partial charge in [-0.25, -0.2) is 9.67 Å². The van der Waals surface area contributed by atoms with Crippen molar-refractivity contribution in [2.24, 2.45) is 7.05 Å². The second kappa shape index (κ2) is 6.39. The van der Waals surface area contributed by atoms with Crippen molar-refractivity contribution in [3.05, 3.63) is 60.4 Å². The highest BCUT2D eigenvalue weighted by Gasteiger charge is 2.24. The Labute approximate surface area is 133 Å². The standard InChI is InChI=1S/C15H17N7O/c1-11(22-10-17-19-20-22)15(23)18-13(12-6-4-3-5-7-12)14-16-8-9-21(14)2/h3-11,13H,1-2H3,(H,18,23)/t11-,13-/m0/s1. The van der Waals surface area contributed by atoms with Crippen molar-refractivity contribution in [2.75, 3.05) is 0 Å².